The van der Waals surface area contributed by atoms with Gasteiger partial charge in [0.1, 0.15) is 0 Å². The van der Waals surface area contributed by atoms with E-state index in [1.54, 1.807) is 6.20 Å². The second kappa shape index (κ2) is 4.67. The molecule has 1 heterocycles. The first-order chi connectivity index (χ1) is 8.84. The van der Waals surface area contributed by atoms with E-state index in [1.807, 2.05) is 54.6 Å². The Labute approximate surface area is 110 Å². The predicted molar refractivity (Wildman–Crippen MR) is 76.5 cm³/mol. The van der Waals surface area contributed by atoms with Gasteiger partial charge in [-0.15, -0.1) is 0 Å². The predicted octanol–water partition coefficient (Wildman–Crippen LogP) is 4.63. The van der Waals surface area contributed by atoms with Gasteiger partial charge in [0.25, 0.3) is 0 Å². The topological polar surface area (TPSA) is 24.9 Å². The maximum absolute atomic E-state index is 6.16. The fourth-order valence-electron chi connectivity index (χ4n) is 1.92. The number of rotatable bonds is 2. The maximum Gasteiger partial charge on any atom is 0.0951 e. The molecular formula is C15H11ClN2. The molecule has 0 saturated heterocycles. The standard InChI is InChI=1S/C15H11ClN2/c16-13-8-9-14(15-12(13)7-4-10-17-15)18-11-5-2-1-3-6-11/h1-10,18H. The number of halogens is 1. The Bertz CT molecular complexity index is 680. The summed E-state index contributed by atoms with van der Waals surface area (Å²) in [6, 6.07) is 17.7. The number of fused-ring (bicyclic) bond motifs is 1. The fourth-order valence-corrected chi connectivity index (χ4v) is 2.13. The van der Waals surface area contributed by atoms with Crippen LogP contribution in [0.15, 0.2) is 60.8 Å². The minimum absolute atomic E-state index is 0.719. The smallest absolute Gasteiger partial charge is 0.0951 e. The van der Waals surface area contributed by atoms with E-state index in [0.717, 1.165) is 27.3 Å². The minimum atomic E-state index is 0.719. The van der Waals surface area contributed by atoms with Crippen LogP contribution < -0.4 is 5.32 Å². The van der Waals surface area contributed by atoms with E-state index in [9.17, 15) is 0 Å². The van der Waals surface area contributed by atoms with E-state index in [0.29, 0.717) is 0 Å². The molecule has 0 bridgehead atoms. The van der Waals surface area contributed by atoms with Crippen molar-refractivity contribution in [1.82, 2.24) is 4.98 Å². The van der Waals surface area contributed by atoms with Crippen LogP contribution in [0.4, 0.5) is 11.4 Å². The van der Waals surface area contributed by atoms with E-state index in [4.69, 9.17) is 11.6 Å². The lowest BCUT2D eigenvalue weighted by Gasteiger charge is -2.09. The molecule has 0 radical (unpaired) electrons. The van der Waals surface area contributed by atoms with Crippen LogP contribution in [0, 0.1) is 0 Å². The van der Waals surface area contributed by atoms with Crippen LogP contribution in [-0.4, -0.2) is 4.98 Å². The maximum atomic E-state index is 6.16. The molecule has 0 aliphatic heterocycles. The van der Waals surface area contributed by atoms with Crippen LogP contribution in [0.2, 0.25) is 5.02 Å². The van der Waals surface area contributed by atoms with E-state index in [2.05, 4.69) is 10.3 Å². The van der Waals surface area contributed by atoms with Crippen molar-refractivity contribution >= 4 is 33.9 Å². The van der Waals surface area contributed by atoms with Crippen LogP contribution >= 0.6 is 11.6 Å². The summed E-state index contributed by atoms with van der Waals surface area (Å²) >= 11 is 6.16. The van der Waals surface area contributed by atoms with Gasteiger partial charge in [-0.2, -0.15) is 0 Å². The van der Waals surface area contributed by atoms with Gasteiger partial charge in [0.15, 0.2) is 0 Å². The highest BCUT2D eigenvalue weighted by molar-refractivity contribution is 6.35. The molecule has 3 rings (SSSR count). The SMILES string of the molecule is Clc1ccc(Nc2ccccc2)c2ncccc12. The van der Waals surface area contributed by atoms with Crippen molar-refractivity contribution in [2.75, 3.05) is 5.32 Å². The first-order valence-corrected chi connectivity index (χ1v) is 6.08. The van der Waals surface area contributed by atoms with Crippen molar-refractivity contribution < 1.29 is 0 Å². The Morgan fingerprint density at radius 1 is 0.889 bits per heavy atom. The molecule has 0 aliphatic carbocycles. The molecule has 1 N–H and O–H groups in total. The Kier molecular flexibility index (Phi) is 2.87. The molecule has 0 fully saturated rings. The lowest BCUT2D eigenvalue weighted by Crippen LogP contribution is -1.92. The Hall–Kier alpha value is -2.06. The van der Waals surface area contributed by atoms with E-state index in [-0.39, 0.29) is 0 Å². The fraction of sp³-hybridized carbons (Fsp3) is 0. The summed E-state index contributed by atoms with van der Waals surface area (Å²) in [5, 5.41) is 5.03. The largest absolute Gasteiger partial charge is 0.354 e. The Morgan fingerprint density at radius 2 is 1.72 bits per heavy atom. The van der Waals surface area contributed by atoms with Gasteiger partial charge < -0.3 is 5.32 Å². The molecule has 2 nitrogen and oxygen atoms in total. The van der Waals surface area contributed by atoms with Crippen LogP contribution in [0.5, 0.6) is 0 Å². The third kappa shape index (κ3) is 2.03. The number of aromatic nitrogens is 1. The number of benzene rings is 2. The lowest BCUT2D eigenvalue weighted by molar-refractivity contribution is 1.40. The highest BCUT2D eigenvalue weighted by atomic mass is 35.5. The highest BCUT2D eigenvalue weighted by Crippen LogP contribution is 2.29. The summed E-state index contributed by atoms with van der Waals surface area (Å²) in [4.78, 5) is 4.39. The van der Waals surface area contributed by atoms with Gasteiger partial charge in [-0.3, -0.25) is 4.98 Å². The molecular weight excluding hydrogens is 244 g/mol. The molecule has 1 aromatic heterocycles. The number of anilines is 2. The van der Waals surface area contributed by atoms with Gasteiger partial charge >= 0.3 is 0 Å². The summed E-state index contributed by atoms with van der Waals surface area (Å²) in [7, 11) is 0. The summed E-state index contributed by atoms with van der Waals surface area (Å²) < 4.78 is 0. The van der Waals surface area contributed by atoms with E-state index >= 15 is 0 Å². The van der Waals surface area contributed by atoms with Gasteiger partial charge in [-0.05, 0) is 36.4 Å². The first-order valence-electron chi connectivity index (χ1n) is 5.70. The molecule has 0 aliphatic rings. The van der Waals surface area contributed by atoms with E-state index in [1.165, 1.54) is 0 Å². The molecule has 0 spiro atoms. The van der Waals surface area contributed by atoms with Gasteiger partial charge in [0, 0.05) is 17.3 Å². The molecule has 0 amide bonds. The zero-order chi connectivity index (χ0) is 12.4. The molecule has 0 unspecified atom stereocenters. The number of para-hydroxylation sites is 1. The van der Waals surface area contributed by atoms with E-state index < -0.39 is 0 Å². The van der Waals surface area contributed by atoms with Crippen LogP contribution in [-0.2, 0) is 0 Å². The molecule has 0 saturated carbocycles. The van der Waals surface area contributed by atoms with Crippen molar-refractivity contribution in [3.8, 4) is 0 Å². The molecule has 3 heteroatoms. The van der Waals surface area contributed by atoms with Crippen molar-refractivity contribution in [2.24, 2.45) is 0 Å². The highest BCUT2D eigenvalue weighted by Gasteiger charge is 2.05. The number of nitrogens with zero attached hydrogens (tertiary/aromatic N) is 1. The zero-order valence-electron chi connectivity index (χ0n) is 9.60. The summed E-state index contributed by atoms with van der Waals surface area (Å²) in [5.74, 6) is 0. The normalized spacial score (nSPS) is 10.5. The molecule has 2 aromatic carbocycles. The van der Waals surface area contributed by atoms with Gasteiger partial charge in [-0.1, -0.05) is 29.8 Å². The Balaban J connectivity index is 2.10. The molecule has 18 heavy (non-hydrogen) atoms. The average molecular weight is 255 g/mol. The lowest BCUT2D eigenvalue weighted by atomic mass is 10.2. The van der Waals surface area contributed by atoms with Gasteiger partial charge in [0.2, 0.25) is 0 Å². The molecule has 3 aromatic rings. The number of nitrogens with one attached hydrogen (secondary N) is 1. The average Bonchev–Trinajstić information content (AvgIpc) is 2.44. The van der Waals surface area contributed by atoms with Crippen LogP contribution in [0.3, 0.4) is 0 Å². The third-order valence-electron chi connectivity index (χ3n) is 2.77. The third-order valence-corrected chi connectivity index (χ3v) is 3.10. The minimum Gasteiger partial charge on any atom is -0.354 e. The monoisotopic (exact) mass is 254 g/mol. The Morgan fingerprint density at radius 3 is 2.56 bits per heavy atom. The van der Waals surface area contributed by atoms with Gasteiger partial charge in [0.05, 0.1) is 16.2 Å². The van der Waals surface area contributed by atoms with Crippen molar-refractivity contribution in [1.29, 1.82) is 0 Å². The quantitative estimate of drug-likeness (QED) is 0.721. The number of hydrogen-bond acceptors (Lipinski definition) is 2. The second-order valence-corrected chi connectivity index (χ2v) is 4.39. The van der Waals surface area contributed by atoms with Crippen molar-refractivity contribution in [3.05, 3.63) is 65.8 Å². The molecule has 0 atom stereocenters. The van der Waals surface area contributed by atoms with Crippen LogP contribution in [0.1, 0.15) is 0 Å². The number of pyridine rings is 1. The number of hydrogen-bond donors (Lipinski definition) is 1. The van der Waals surface area contributed by atoms with Crippen molar-refractivity contribution in [2.45, 2.75) is 0 Å². The van der Waals surface area contributed by atoms with Crippen molar-refractivity contribution in [3.63, 3.8) is 0 Å². The molecule has 88 valence electrons. The van der Waals surface area contributed by atoms with Crippen LogP contribution in [0.25, 0.3) is 10.9 Å². The van der Waals surface area contributed by atoms with Gasteiger partial charge in [-0.25, -0.2) is 0 Å². The second-order valence-electron chi connectivity index (χ2n) is 3.99. The summed E-state index contributed by atoms with van der Waals surface area (Å²) in [6.07, 6.45) is 1.77. The summed E-state index contributed by atoms with van der Waals surface area (Å²) in [5.41, 5.74) is 2.88. The first kappa shape index (κ1) is 11.1. The summed E-state index contributed by atoms with van der Waals surface area (Å²) in [6.45, 7) is 0. The zero-order valence-corrected chi connectivity index (χ0v) is 10.4.